The van der Waals surface area contributed by atoms with Crippen LogP contribution in [0, 0.1) is 6.92 Å². The second kappa shape index (κ2) is 5.01. The fourth-order valence-electron chi connectivity index (χ4n) is 1.97. The third-order valence-corrected chi connectivity index (χ3v) is 2.83. The van der Waals surface area contributed by atoms with Crippen molar-refractivity contribution in [1.29, 1.82) is 0 Å². The van der Waals surface area contributed by atoms with Gasteiger partial charge in [-0.1, -0.05) is 18.2 Å². The Hall–Kier alpha value is -1.81. The number of likely N-dealkylation sites (N-methyl/N-ethyl adjacent to an activating group) is 1. The van der Waals surface area contributed by atoms with Crippen LogP contribution in [0.1, 0.15) is 11.3 Å². The van der Waals surface area contributed by atoms with E-state index in [0.29, 0.717) is 13.1 Å². The highest BCUT2D eigenvalue weighted by molar-refractivity contribution is 5.85. The normalized spacial score (nSPS) is 10.7. The molecule has 2 rings (SSSR count). The molecule has 0 aliphatic carbocycles. The highest BCUT2D eigenvalue weighted by Gasteiger charge is 2.08. The van der Waals surface area contributed by atoms with E-state index < -0.39 is 0 Å². The Morgan fingerprint density at radius 3 is 2.88 bits per heavy atom. The van der Waals surface area contributed by atoms with Crippen LogP contribution < -0.4 is 10.6 Å². The molecule has 2 aromatic rings. The van der Waals surface area contributed by atoms with Gasteiger partial charge in [0, 0.05) is 23.1 Å². The molecule has 1 aromatic carbocycles. The van der Waals surface area contributed by atoms with Gasteiger partial charge in [0.1, 0.15) is 0 Å². The fraction of sp³-hybridized carbons (Fsp3) is 0.308. The van der Waals surface area contributed by atoms with E-state index >= 15 is 0 Å². The minimum absolute atomic E-state index is 0.0113. The van der Waals surface area contributed by atoms with E-state index in [2.05, 4.69) is 21.7 Å². The first-order valence-corrected chi connectivity index (χ1v) is 5.70. The van der Waals surface area contributed by atoms with Gasteiger partial charge < -0.3 is 15.6 Å². The summed E-state index contributed by atoms with van der Waals surface area (Å²) < 4.78 is 0. The molecule has 0 saturated heterocycles. The van der Waals surface area contributed by atoms with Crippen molar-refractivity contribution in [2.45, 2.75) is 13.5 Å². The fourth-order valence-corrected chi connectivity index (χ4v) is 1.97. The number of aromatic amines is 1. The highest BCUT2D eigenvalue weighted by atomic mass is 16.1. The number of hydrogen-bond acceptors (Lipinski definition) is 2. The van der Waals surface area contributed by atoms with Crippen LogP contribution in [0.2, 0.25) is 0 Å². The SMILES string of the molecule is CNCC(=O)NCc1c(C)[nH]c2ccccc12. The van der Waals surface area contributed by atoms with E-state index in [4.69, 9.17) is 0 Å². The lowest BCUT2D eigenvalue weighted by molar-refractivity contribution is -0.120. The minimum Gasteiger partial charge on any atom is -0.358 e. The van der Waals surface area contributed by atoms with Crippen LogP contribution in [0.3, 0.4) is 0 Å². The van der Waals surface area contributed by atoms with Crippen molar-refractivity contribution in [1.82, 2.24) is 15.6 Å². The summed E-state index contributed by atoms with van der Waals surface area (Å²) in [6.07, 6.45) is 0. The summed E-state index contributed by atoms with van der Waals surface area (Å²) in [6, 6.07) is 8.12. The van der Waals surface area contributed by atoms with Gasteiger partial charge >= 0.3 is 0 Å². The quantitative estimate of drug-likeness (QED) is 0.743. The van der Waals surface area contributed by atoms with Gasteiger partial charge in [0.25, 0.3) is 0 Å². The van der Waals surface area contributed by atoms with Crippen LogP contribution in [0.5, 0.6) is 0 Å². The van der Waals surface area contributed by atoms with Crippen molar-refractivity contribution < 1.29 is 4.79 Å². The first-order valence-electron chi connectivity index (χ1n) is 5.70. The number of amides is 1. The molecule has 0 fully saturated rings. The number of benzene rings is 1. The molecule has 0 spiro atoms. The summed E-state index contributed by atoms with van der Waals surface area (Å²) in [6.45, 7) is 2.94. The van der Waals surface area contributed by atoms with Gasteiger partial charge in [0.15, 0.2) is 0 Å². The predicted molar refractivity (Wildman–Crippen MR) is 68.8 cm³/mol. The van der Waals surface area contributed by atoms with Gasteiger partial charge in [0.2, 0.25) is 5.91 Å². The summed E-state index contributed by atoms with van der Waals surface area (Å²) in [5, 5.41) is 6.90. The molecule has 1 heterocycles. The van der Waals surface area contributed by atoms with Crippen molar-refractivity contribution in [3.8, 4) is 0 Å². The molecule has 1 aromatic heterocycles. The maximum Gasteiger partial charge on any atom is 0.234 e. The van der Waals surface area contributed by atoms with Crippen LogP contribution in [0.25, 0.3) is 10.9 Å². The number of rotatable bonds is 4. The number of nitrogens with one attached hydrogen (secondary N) is 3. The predicted octanol–water partition coefficient (Wildman–Crippen LogP) is 1.31. The summed E-state index contributed by atoms with van der Waals surface area (Å²) in [4.78, 5) is 14.7. The summed E-state index contributed by atoms with van der Waals surface area (Å²) >= 11 is 0. The van der Waals surface area contributed by atoms with Crippen LogP contribution in [0.4, 0.5) is 0 Å². The second-order valence-corrected chi connectivity index (χ2v) is 4.08. The van der Waals surface area contributed by atoms with Gasteiger partial charge in [-0.05, 0) is 25.6 Å². The van der Waals surface area contributed by atoms with Crippen molar-refractivity contribution >= 4 is 16.8 Å². The Morgan fingerprint density at radius 1 is 1.35 bits per heavy atom. The molecule has 0 unspecified atom stereocenters. The zero-order chi connectivity index (χ0) is 12.3. The number of hydrogen-bond donors (Lipinski definition) is 3. The average Bonchev–Trinajstić information content (AvgIpc) is 2.62. The Morgan fingerprint density at radius 2 is 2.12 bits per heavy atom. The van der Waals surface area contributed by atoms with Crippen molar-refractivity contribution in [2.75, 3.05) is 13.6 Å². The standard InChI is InChI=1S/C13H17N3O/c1-9-11(7-15-13(17)8-14-2)10-5-3-4-6-12(10)16-9/h3-6,14,16H,7-8H2,1-2H3,(H,15,17). The lowest BCUT2D eigenvalue weighted by Gasteiger charge is -2.05. The minimum atomic E-state index is 0.0113. The van der Waals surface area contributed by atoms with E-state index in [1.54, 1.807) is 7.05 Å². The van der Waals surface area contributed by atoms with Gasteiger partial charge in [-0.2, -0.15) is 0 Å². The molecule has 0 radical (unpaired) electrons. The van der Waals surface area contributed by atoms with E-state index in [1.807, 2.05) is 25.1 Å². The summed E-state index contributed by atoms with van der Waals surface area (Å²) in [7, 11) is 1.76. The smallest absolute Gasteiger partial charge is 0.234 e. The molecule has 3 N–H and O–H groups in total. The number of carbonyl (C=O) groups excluding carboxylic acids is 1. The number of aromatic nitrogens is 1. The highest BCUT2D eigenvalue weighted by Crippen LogP contribution is 2.21. The van der Waals surface area contributed by atoms with Crippen molar-refractivity contribution in [2.24, 2.45) is 0 Å². The lowest BCUT2D eigenvalue weighted by Crippen LogP contribution is -2.31. The Balaban J connectivity index is 2.18. The van der Waals surface area contributed by atoms with E-state index in [0.717, 1.165) is 16.8 Å². The van der Waals surface area contributed by atoms with E-state index in [1.165, 1.54) is 5.39 Å². The number of aryl methyl sites for hydroxylation is 1. The van der Waals surface area contributed by atoms with Gasteiger partial charge in [-0.15, -0.1) is 0 Å². The number of H-pyrrole nitrogens is 1. The molecule has 0 aliphatic heterocycles. The van der Waals surface area contributed by atoms with Gasteiger partial charge in [-0.3, -0.25) is 4.79 Å². The van der Waals surface area contributed by atoms with Crippen LogP contribution in [-0.4, -0.2) is 24.5 Å². The van der Waals surface area contributed by atoms with Crippen LogP contribution in [0.15, 0.2) is 24.3 Å². The van der Waals surface area contributed by atoms with Crippen molar-refractivity contribution in [3.63, 3.8) is 0 Å². The molecular formula is C13H17N3O. The van der Waals surface area contributed by atoms with Crippen LogP contribution >= 0.6 is 0 Å². The second-order valence-electron chi connectivity index (χ2n) is 4.08. The molecule has 4 heteroatoms. The zero-order valence-electron chi connectivity index (χ0n) is 10.1. The maximum absolute atomic E-state index is 11.4. The number of carbonyl (C=O) groups is 1. The molecule has 0 saturated carbocycles. The zero-order valence-corrected chi connectivity index (χ0v) is 10.1. The van der Waals surface area contributed by atoms with Crippen LogP contribution in [-0.2, 0) is 11.3 Å². The summed E-state index contributed by atoms with van der Waals surface area (Å²) in [5.74, 6) is 0.0113. The largest absolute Gasteiger partial charge is 0.358 e. The molecule has 0 atom stereocenters. The van der Waals surface area contributed by atoms with Gasteiger partial charge in [0.05, 0.1) is 6.54 Å². The third-order valence-electron chi connectivity index (χ3n) is 2.83. The number of fused-ring (bicyclic) bond motifs is 1. The molecule has 0 bridgehead atoms. The van der Waals surface area contributed by atoms with Gasteiger partial charge in [-0.25, -0.2) is 0 Å². The molecule has 0 aliphatic rings. The van der Waals surface area contributed by atoms with E-state index in [-0.39, 0.29) is 5.91 Å². The Labute approximate surface area is 100 Å². The Kier molecular flexibility index (Phi) is 3.44. The maximum atomic E-state index is 11.4. The topological polar surface area (TPSA) is 56.9 Å². The third kappa shape index (κ3) is 2.47. The first-order chi connectivity index (χ1) is 8.22. The molecule has 1 amide bonds. The van der Waals surface area contributed by atoms with E-state index in [9.17, 15) is 4.79 Å². The molecular weight excluding hydrogens is 214 g/mol. The molecule has 90 valence electrons. The monoisotopic (exact) mass is 231 g/mol. The van der Waals surface area contributed by atoms with Crippen molar-refractivity contribution in [3.05, 3.63) is 35.5 Å². The Bertz CT molecular complexity index is 530. The molecule has 4 nitrogen and oxygen atoms in total. The average molecular weight is 231 g/mol. The summed E-state index contributed by atoms with van der Waals surface area (Å²) in [5.41, 5.74) is 3.38. The first kappa shape index (κ1) is 11.7. The lowest BCUT2D eigenvalue weighted by atomic mass is 10.1. The number of para-hydroxylation sites is 1. The molecule has 17 heavy (non-hydrogen) atoms.